The zero-order valence-corrected chi connectivity index (χ0v) is 11.1. The summed E-state index contributed by atoms with van der Waals surface area (Å²) in [4.78, 5) is 24.2. The number of hydrogen-bond donors (Lipinski definition) is 2. The van der Waals surface area contributed by atoms with Crippen molar-refractivity contribution in [3.63, 3.8) is 0 Å². The van der Waals surface area contributed by atoms with Crippen LogP contribution in [-0.4, -0.2) is 54.4 Å². The van der Waals surface area contributed by atoms with Crippen molar-refractivity contribution in [3.05, 3.63) is 0 Å². The Kier molecular flexibility index (Phi) is 5.95. The van der Waals surface area contributed by atoms with Crippen molar-refractivity contribution < 1.29 is 19.4 Å². The van der Waals surface area contributed by atoms with Crippen LogP contribution in [0.25, 0.3) is 0 Å². The van der Waals surface area contributed by atoms with Gasteiger partial charge in [-0.1, -0.05) is 0 Å². The Morgan fingerprint density at radius 3 is 2.24 bits per heavy atom. The summed E-state index contributed by atoms with van der Waals surface area (Å²) >= 11 is 0. The first-order chi connectivity index (χ1) is 7.61. The van der Waals surface area contributed by atoms with Gasteiger partial charge in [-0.3, -0.25) is 0 Å². The van der Waals surface area contributed by atoms with Gasteiger partial charge in [0.1, 0.15) is 11.6 Å². The van der Waals surface area contributed by atoms with E-state index in [0.717, 1.165) is 0 Å². The number of aliphatic carboxylic acids is 1. The number of carbonyl (C=O) groups excluding carboxylic acids is 1. The van der Waals surface area contributed by atoms with Gasteiger partial charge in [-0.05, 0) is 41.3 Å². The van der Waals surface area contributed by atoms with Gasteiger partial charge in [0.15, 0.2) is 0 Å². The predicted molar refractivity (Wildman–Crippen MR) is 64.0 cm³/mol. The third kappa shape index (κ3) is 8.50. The highest BCUT2D eigenvalue weighted by Crippen LogP contribution is 2.07. The highest BCUT2D eigenvalue weighted by Gasteiger charge is 2.23. The first kappa shape index (κ1) is 15.7. The molecule has 6 heteroatoms. The van der Waals surface area contributed by atoms with Crippen molar-refractivity contribution in [2.24, 2.45) is 0 Å². The van der Waals surface area contributed by atoms with Gasteiger partial charge in [0, 0.05) is 6.54 Å². The van der Waals surface area contributed by atoms with Crippen LogP contribution in [0.3, 0.4) is 0 Å². The van der Waals surface area contributed by atoms with Crippen LogP contribution in [0, 0.1) is 0 Å². The Morgan fingerprint density at radius 1 is 1.35 bits per heavy atom. The lowest BCUT2D eigenvalue weighted by Crippen LogP contribution is -2.44. The number of alkyl carbamates (subject to hydrolysis) is 1. The topological polar surface area (TPSA) is 78.9 Å². The van der Waals surface area contributed by atoms with E-state index in [0.29, 0.717) is 13.0 Å². The van der Waals surface area contributed by atoms with Gasteiger partial charge in [-0.2, -0.15) is 0 Å². The van der Waals surface area contributed by atoms with E-state index in [2.05, 4.69) is 5.32 Å². The summed E-state index contributed by atoms with van der Waals surface area (Å²) in [7, 11) is 3.68. The second-order valence-corrected chi connectivity index (χ2v) is 5.13. The molecule has 0 aliphatic carbocycles. The van der Waals surface area contributed by atoms with E-state index in [4.69, 9.17) is 9.84 Å². The quantitative estimate of drug-likeness (QED) is 0.754. The van der Waals surface area contributed by atoms with Crippen LogP contribution in [0.15, 0.2) is 0 Å². The van der Waals surface area contributed by atoms with Crippen molar-refractivity contribution in [2.45, 2.75) is 38.8 Å². The second-order valence-electron chi connectivity index (χ2n) is 5.13. The molecule has 0 unspecified atom stereocenters. The summed E-state index contributed by atoms with van der Waals surface area (Å²) in [5, 5.41) is 11.3. The summed E-state index contributed by atoms with van der Waals surface area (Å²) in [5.41, 5.74) is -0.630. The van der Waals surface area contributed by atoms with E-state index < -0.39 is 23.7 Å². The van der Waals surface area contributed by atoms with Gasteiger partial charge in [0.25, 0.3) is 0 Å². The number of nitrogens with zero attached hydrogens (tertiary/aromatic N) is 1. The van der Waals surface area contributed by atoms with E-state index in [1.54, 1.807) is 20.8 Å². The monoisotopic (exact) mass is 246 g/mol. The lowest BCUT2D eigenvalue weighted by molar-refractivity contribution is -0.139. The number of amides is 1. The zero-order valence-electron chi connectivity index (χ0n) is 11.1. The maximum atomic E-state index is 11.4. The van der Waals surface area contributed by atoms with Crippen molar-refractivity contribution in [2.75, 3.05) is 20.6 Å². The molecule has 0 heterocycles. The molecule has 0 rings (SSSR count). The standard InChI is InChI=1S/C11H22N2O4/c1-11(2,3)17-10(16)12-8(9(14)15)6-7-13(4)5/h8H,6-7H2,1-5H3,(H,12,16)(H,14,15)/t8-/m1/s1. The van der Waals surface area contributed by atoms with Gasteiger partial charge < -0.3 is 20.1 Å². The lowest BCUT2D eigenvalue weighted by atomic mass is 10.2. The molecule has 17 heavy (non-hydrogen) atoms. The Hall–Kier alpha value is -1.30. The Balaban J connectivity index is 4.26. The molecule has 0 bridgehead atoms. The molecule has 0 aromatic carbocycles. The van der Waals surface area contributed by atoms with Gasteiger partial charge in [-0.25, -0.2) is 9.59 Å². The molecule has 1 amide bonds. The number of nitrogens with one attached hydrogen (secondary N) is 1. The Labute approximate surface area is 102 Å². The van der Waals surface area contributed by atoms with Crippen molar-refractivity contribution >= 4 is 12.1 Å². The van der Waals surface area contributed by atoms with E-state index in [-0.39, 0.29) is 0 Å². The van der Waals surface area contributed by atoms with E-state index in [1.807, 2.05) is 19.0 Å². The third-order valence-electron chi connectivity index (χ3n) is 1.85. The normalized spacial score (nSPS) is 13.3. The first-order valence-corrected chi connectivity index (χ1v) is 5.49. The molecule has 100 valence electrons. The van der Waals surface area contributed by atoms with Crippen molar-refractivity contribution in [3.8, 4) is 0 Å². The minimum Gasteiger partial charge on any atom is -0.480 e. The molecule has 0 aromatic heterocycles. The minimum absolute atomic E-state index is 0.335. The number of carboxylic acids is 1. The van der Waals surface area contributed by atoms with Crippen LogP contribution in [0.1, 0.15) is 27.2 Å². The van der Waals surface area contributed by atoms with Gasteiger partial charge in [-0.15, -0.1) is 0 Å². The lowest BCUT2D eigenvalue weighted by Gasteiger charge is -2.22. The molecule has 2 N–H and O–H groups in total. The molecule has 0 fully saturated rings. The highest BCUT2D eigenvalue weighted by atomic mass is 16.6. The fraction of sp³-hybridized carbons (Fsp3) is 0.818. The Morgan fingerprint density at radius 2 is 1.88 bits per heavy atom. The highest BCUT2D eigenvalue weighted by molar-refractivity contribution is 5.79. The van der Waals surface area contributed by atoms with E-state index in [1.165, 1.54) is 0 Å². The molecule has 0 aromatic rings. The van der Waals surface area contributed by atoms with E-state index >= 15 is 0 Å². The average Bonchev–Trinajstić information content (AvgIpc) is 2.08. The number of carbonyl (C=O) groups is 2. The predicted octanol–water partition coefficient (Wildman–Crippen LogP) is 0.916. The molecule has 0 saturated heterocycles. The molecule has 1 atom stereocenters. The summed E-state index contributed by atoms with van der Waals surface area (Å²) < 4.78 is 5.00. The molecular weight excluding hydrogens is 224 g/mol. The molecular formula is C11H22N2O4. The summed E-state index contributed by atoms with van der Waals surface area (Å²) in [5.74, 6) is -1.06. The number of ether oxygens (including phenoxy) is 1. The van der Waals surface area contributed by atoms with Gasteiger partial charge >= 0.3 is 12.1 Å². The molecule has 0 radical (unpaired) electrons. The Bertz CT molecular complexity index is 271. The van der Waals surface area contributed by atoms with Crippen LogP contribution in [0.5, 0.6) is 0 Å². The van der Waals surface area contributed by atoms with Gasteiger partial charge in [0.05, 0.1) is 0 Å². The van der Waals surface area contributed by atoms with Crippen molar-refractivity contribution in [1.82, 2.24) is 10.2 Å². The van der Waals surface area contributed by atoms with Crippen LogP contribution in [-0.2, 0) is 9.53 Å². The number of carboxylic acid groups (broad SMARTS) is 1. The summed E-state index contributed by atoms with van der Waals surface area (Å²) in [6, 6.07) is -0.924. The summed E-state index contributed by atoms with van der Waals surface area (Å²) in [6.07, 6.45) is -0.370. The number of rotatable bonds is 5. The van der Waals surface area contributed by atoms with Crippen LogP contribution < -0.4 is 5.32 Å². The largest absolute Gasteiger partial charge is 0.480 e. The zero-order chi connectivity index (χ0) is 13.6. The minimum atomic E-state index is -1.06. The maximum absolute atomic E-state index is 11.4. The van der Waals surface area contributed by atoms with Crippen LogP contribution in [0.4, 0.5) is 4.79 Å². The maximum Gasteiger partial charge on any atom is 0.408 e. The first-order valence-electron chi connectivity index (χ1n) is 5.49. The SMILES string of the molecule is CN(C)CC[C@@H](NC(=O)OC(C)(C)C)C(=O)O. The van der Waals surface area contributed by atoms with Gasteiger partial charge in [0.2, 0.25) is 0 Å². The van der Waals surface area contributed by atoms with E-state index in [9.17, 15) is 9.59 Å². The molecule has 0 aliphatic rings. The number of hydrogen-bond acceptors (Lipinski definition) is 4. The third-order valence-corrected chi connectivity index (χ3v) is 1.85. The fourth-order valence-corrected chi connectivity index (χ4v) is 1.09. The fourth-order valence-electron chi connectivity index (χ4n) is 1.09. The van der Waals surface area contributed by atoms with Crippen molar-refractivity contribution in [1.29, 1.82) is 0 Å². The average molecular weight is 246 g/mol. The van der Waals surface area contributed by atoms with Crippen LogP contribution in [0.2, 0.25) is 0 Å². The molecule has 0 saturated carbocycles. The molecule has 0 aliphatic heterocycles. The second kappa shape index (κ2) is 6.44. The smallest absolute Gasteiger partial charge is 0.408 e. The van der Waals surface area contributed by atoms with Crippen LogP contribution >= 0.6 is 0 Å². The molecule has 6 nitrogen and oxygen atoms in total. The molecule has 0 spiro atoms. The summed E-state index contributed by atoms with van der Waals surface area (Å²) in [6.45, 7) is 5.75.